The van der Waals surface area contributed by atoms with Crippen molar-refractivity contribution in [2.24, 2.45) is 5.92 Å². The number of nitrogens with one attached hydrogen (secondary N) is 3. The zero-order valence-electron chi connectivity index (χ0n) is 34.0. The van der Waals surface area contributed by atoms with Gasteiger partial charge in [-0.15, -0.1) is 0 Å². The SMILES string of the molecule is Cc1cc(-c2cc(Nc3cc4n(n3)CCN(CC3CCN(c5ccc(N6CCC(=O)NC6=O)cc5F)CC3)C4)ncn2)ccc1[C@@H](C)NC(=O)c1nc(C(C)(C)C)no1. The summed E-state index contributed by atoms with van der Waals surface area (Å²) in [5, 5.41) is 17.4. The predicted octanol–water partition coefficient (Wildman–Crippen LogP) is 5.88. The second-order valence-corrected chi connectivity index (χ2v) is 16.7. The molecule has 4 amide bonds. The summed E-state index contributed by atoms with van der Waals surface area (Å²) >= 11 is 0. The fourth-order valence-corrected chi connectivity index (χ4v) is 7.98. The molecule has 1 atom stereocenters. The highest BCUT2D eigenvalue weighted by Crippen LogP contribution is 2.31. The van der Waals surface area contributed by atoms with Gasteiger partial charge in [-0.05, 0) is 68.0 Å². The summed E-state index contributed by atoms with van der Waals surface area (Å²) in [6, 6.07) is 14.0. The van der Waals surface area contributed by atoms with E-state index in [-0.39, 0.29) is 42.0 Å². The molecule has 0 unspecified atom stereocenters. The second kappa shape index (κ2) is 16.2. The number of aromatic nitrogens is 6. The molecule has 0 bridgehead atoms. The van der Waals surface area contributed by atoms with Gasteiger partial charge < -0.3 is 20.1 Å². The fraction of sp³-hybridized carbons (Fsp3) is 0.429. The molecule has 308 valence electrons. The number of rotatable bonds is 10. The Kier molecular flexibility index (Phi) is 10.9. The van der Waals surface area contributed by atoms with E-state index in [2.05, 4.69) is 51.9 Å². The first-order valence-corrected chi connectivity index (χ1v) is 20.1. The Hall–Kier alpha value is -6.23. The Bertz CT molecular complexity index is 2380. The largest absolute Gasteiger partial charge is 0.369 e. The lowest BCUT2D eigenvalue weighted by molar-refractivity contribution is -0.120. The smallest absolute Gasteiger partial charge is 0.328 e. The van der Waals surface area contributed by atoms with Crippen molar-refractivity contribution in [1.29, 1.82) is 0 Å². The third-order valence-corrected chi connectivity index (χ3v) is 11.2. The Morgan fingerprint density at radius 1 is 1.00 bits per heavy atom. The molecule has 0 radical (unpaired) electrons. The number of fused-ring (bicyclic) bond motifs is 1. The van der Waals surface area contributed by atoms with Gasteiger partial charge in [0.05, 0.1) is 29.7 Å². The van der Waals surface area contributed by atoms with E-state index in [4.69, 9.17) is 9.62 Å². The van der Waals surface area contributed by atoms with Crippen molar-refractivity contribution in [2.75, 3.05) is 47.8 Å². The molecular weight excluding hydrogens is 756 g/mol. The maximum atomic E-state index is 15.3. The number of imide groups is 1. The third-order valence-electron chi connectivity index (χ3n) is 11.2. The van der Waals surface area contributed by atoms with Gasteiger partial charge in [-0.25, -0.2) is 19.2 Å². The Morgan fingerprint density at radius 2 is 1.81 bits per heavy atom. The molecule has 16 nitrogen and oxygen atoms in total. The highest BCUT2D eigenvalue weighted by atomic mass is 19.1. The highest BCUT2D eigenvalue weighted by Gasteiger charge is 2.29. The first kappa shape index (κ1) is 39.6. The van der Waals surface area contributed by atoms with Crippen LogP contribution in [0.1, 0.15) is 86.3 Å². The van der Waals surface area contributed by atoms with Crippen molar-refractivity contribution >= 4 is 40.9 Å². The molecule has 8 rings (SSSR count). The van der Waals surface area contributed by atoms with E-state index in [1.807, 2.05) is 63.6 Å². The fourth-order valence-electron chi connectivity index (χ4n) is 7.98. The van der Waals surface area contributed by atoms with E-state index < -0.39 is 11.9 Å². The third kappa shape index (κ3) is 8.79. The molecule has 0 aliphatic carbocycles. The van der Waals surface area contributed by atoms with Crippen molar-refractivity contribution in [3.05, 3.63) is 89.2 Å². The van der Waals surface area contributed by atoms with Crippen molar-refractivity contribution < 1.29 is 23.3 Å². The summed E-state index contributed by atoms with van der Waals surface area (Å²) < 4.78 is 22.5. The first-order valence-electron chi connectivity index (χ1n) is 20.1. The van der Waals surface area contributed by atoms with Crippen LogP contribution in [0.3, 0.4) is 0 Å². The van der Waals surface area contributed by atoms with Gasteiger partial charge in [-0.1, -0.05) is 38.1 Å². The Morgan fingerprint density at radius 3 is 2.54 bits per heavy atom. The number of aryl methyl sites for hydroxylation is 1. The minimum absolute atomic E-state index is 0.0606. The number of anilines is 4. The molecule has 0 saturated carbocycles. The molecule has 2 saturated heterocycles. The standard InChI is InChI=1S/C42H49FN12O4/c1-25-18-28(6-8-31(25)26(2)46-38(57)39-49-40(51-59-39)42(3,4)5)33-21-35(45-24-44-33)47-36-20-30-23-52(16-17-55(30)50-36)22-27-10-13-53(14-11-27)34-9-7-29(19-32(34)43)54-15-12-37(56)48-41(54)58/h6-9,18-21,24,26-27H,10-17,22-23H2,1-5H3,(H,46,57)(H,48,56,58)(H,44,45,47,50)/t26-/m1/s1. The minimum atomic E-state index is -0.522. The van der Waals surface area contributed by atoms with E-state index >= 15 is 4.39 Å². The quantitative estimate of drug-likeness (QED) is 0.153. The molecule has 6 heterocycles. The number of hydrogen-bond acceptors (Lipinski definition) is 12. The predicted molar refractivity (Wildman–Crippen MR) is 219 cm³/mol. The monoisotopic (exact) mass is 804 g/mol. The zero-order chi connectivity index (χ0) is 41.4. The average molecular weight is 805 g/mol. The maximum absolute atomic E-state index is 15.3. The number of nitrogens with zero attached hydrogens (tertiary/aromatic N) is 9. The highest BCUT2D eigenvalue weighted by molar-refractivity contribution is 6.05. The molecule has 0 spiro atoms. The molecule has 3 aliphatic heterocycles. The Labute approximate surface area is 341 Å². The van der Waals surface area contributed by atoms with Crippen LogP contribution in [0, 0.1) is 18.7 Å². The van der Waals surface area contributed by atoms with Gasteiger partial charge in [-0.3, -0.25) is 29.4 Å². The van der Waals surface area contributed by atoms with Crippen LogP contribution >= 0.6 is 0 Å². The summed E-state index contributed by atoms with van der Waals surface area (Å²) in [5.41, 5.74) is 5.40. The van der Waals surface area contributed by atoms with Gasteiger partial charge in [0.2, 0.25) is 5.91 Å². The zero-order valence-corrected chi connectivity index (χ0v) is 34.0. The minimum Gasteiger partial charge on any atom is -0.369 e. The molecule has 5 aromatic rings. The molecule has 3 N–H and O–H groups in total. The molecule has 17 heteroatoms. The first-order chi connectivity index (χ1) is 28.3. The van der Waals surface area contributed by atoms with Crippen molar-refractivity contribution in [3.63, 3.8) is 0 Å². The number of amides is 4. The van der Waals surface area contributed by atoms with Gasteiger partial charge in [0.1, 0.15) is 18.0 Å². The number of carbonyl (C=O) groups excluding carboxylic acids is 3. The van der Waals surface area contributed by atoms with E-state index in [0.717, 1.165) is 80.2 Å². The summed E-state index contributed by atoms with van der Waals surface area (Å²) in [6.07, 6.45) is 3.63. The van der Waals surface area contributed by atoms with Crippen molar-refractivity contribution in [2.45, 2.75) is 78.4 Å². The summed E-state index contributed by atoms with van der Waals surface area (Å²) in [6.45, 7) is 14.9. The number of urea groups is 1. The van der Waals surface area contributed by atoms with E-state index in [0.29, 0.717) is 34.8 Å². The van der Waals surface area contributed by atoms with Crippen LogP contribution in [0.2, 0.25) is 0 Å². The van der Waals surface area contributed by atoms with Crippen LogP contribution in [-0.2, 0) is 23.3 Å². The van der Waals surface area contributed by atoms with Crippen molar-refractivity contribution in [3.8, 4) is 11.3 Å². The van der Waals surface area contributed by atoms with Crippen molar-refractivity contribution in [1.82, 2.24) is 45.4 Å². The molecule has 3 aliphatic rings. The number of benzene rings is 2. The van der Waals surface area contributed by atoms with Crippen LogP contribution in [-0.4, -0.2) is 85.4 Å². The number of halogens is 1. The van der Waals surface area contributed by atoms with Gasteiger partial charge >= 0.3 is 17.8 Å². The van der Waals surface area contributed by atoms with Crippen LogP contribution < -0.4 is 25.8 Å². The summed E-state index contributed by atoms with van der Waals surface area (Å²) in [4.78, 5) is 55.8. The molecule has 59 heavy (non-hydrogen) atoms. The van der Waals surface area contributed by atoms with Gasteiger partial charge in [0.25, 0.3) is 0 Å². The van der Waals surface area contributed by atoms with Gasteiger partial charge in [-0.2, -0.15) is 10.1 Å². The van der Waals surface area contributed by atoms with E-state index in [1.165, 1.54) is 17.3 Å². The van der Waals surface area contributed by atoms with Crippen LogP contribution in [0.15, 0.2) is 59.4 Å². The Balaban J connectivity index is 0.833. The van der Waals surface area contributed by atoms with E-state index in [9.17, 15) is 14.4 Å². The molecule has 2 fully saturated rings. The van der Waals surface area contributed by atoms with Gasteiger partial charge in [0.15, 0.2) is 11.6 Å². The van der Waals surface area contributed by atoms with E-state index in [1.54, 1.807) is 12.1 Å². The lowest BCUT2D eigenvalue weighted by Gasteiger charge is -2.37. The average Bonchev–Trinajstić information content (AvgIpc) is 3.86. The number of piperidine rings is 1. The normalized spacial score (nSPS) is 17.1. The topological polar surface area (TPSA) is 180 Å². The van der Waals surface area contributed by atoms with Crippen LogP contribution in [0.25, 0.3) is 11.3 Å². The molecule has 2 aromatic carbocycles. The maximum Gasteiger partial charge on any atom is 0.328 e. The van der Waals surface area contributed by atoms with Gasteiger partial charge in [0, 0.05) is 74.5 Å². The second-order valence-electron chi connectivity index (χ2n) is 16.7. The molecule has 3 aromatic heterocycles. The number of carbonyl (C=O) groups is 3. The summed E-state index contributed by atoms with van der Waals surface area (Å²) in [5.74, 6) is 1.15. The van der Waals surface area contributed by atoms with Crippen LogP contribution in [0.4, 0.5) is 32.2 Å². The lowest BCUT2D eigenvalue weighted by Crippen LogP contribution is -2.49. The number of hydrogen-bond donors (Lipinski definition) is 3. The molecular formula is C42H49FN12O4. The lowest BCUT2D eigenvalue weighted by atomic mass is 9.95. The van der Waals surface area contributed by atoms with Crippen LogP contribution in [0.5, 0.6) is 0 Å². The summed E-state index contributed by atoms with van der Waals surface area (Å²) in [7, 11) is 0.